The van der Waals surface area contributed by atoms with Gasteiger partial charge in [0, 0.05) is 25.0 Å². The molecule has 0 aliphatic carbocycles. The molecule has 2 amide bonds. The number of thiazole rings is 1. The van der Waals surface area contributed by atoms with Crippen LogP contribution in [0.5, 0.6) is 11.5 Å². The first-order chi connectivity index (χ1) is 15.7. The molecule has 0 spiro atoms. The third kappa shape index (κ3) is 4.35. The molecule has 3 aliphatic heterocycles. The van der Waals surface area contributed by atoms with Gasteiger partial charge < -0.3 is 19.1 Å². The van der Waals surface area contributed by atoms with E-state index in [1.807, 2.05) is 18.2 Å². The minimum absolute atomic E-state index is 0.267. The smallest absolute Gasteiger partial charge is 0.289 e. The average molecular weight is 461 g/mol. The van der Waals surface area contributed by atoms with E-state index in [4.69, 9.17) is 14.2 Å². The van der Waals surface area contributed by atoms with Crippen LogP contribution in [0, 0.1) is 5.92 Å². The summed E-state index contributed by atoms with van der Waals surface area (Å²) in [6, 6.07) is 5.34. The minimum Gasteiger partial charge on any atom is -0.486 e. The number of nitrogens with one attached hydrogen (secondary N) is 4. The molecule has 0 radical (unpaired) electrons. The van der Waals surface area contributed by atoms with Crippen LogP contribution in [-0.2, 0) is 9.53 Å². The molecular weight excluding hydrogens is 436 g/mol. The Morgan fingerprint density at radius 2 is 1.91 bits per heavy atom. The lowest BCUT2D eigenvalue weighted by molar-refractivity contribution is -0.125. The highest BCUT2D eigenvalue weighted by Crippen LogP contribution is 2.35. The summed E-state index contributed by atoms with van der Waals surface area (Å²) in [5.41, 5.74) is 12.3. The topological polar surface area (TPSA) is 126 Å². The molecule has 4 N–H and O–H groups in total. The van der Waals surface area contributed by atoms with Gasteiger partial charge >= 0.3 is 0 Å². The molecule has 4 heterocycles. The zero-order valence-corrected chi connectivity index (χ0v) is 18.1. The number of carbonyl (C=O) groups excluding carboxylic acids is 2. The van der Waals surface area contributed by atoms with Crippen LogP contribution in [0.3, 0.4) is 0 Å². The summed E-state index contributed by atoms with van der Waals surface area (Å²) >= 11 is 1.40. The molecule has 1 aromatic carbocycles. The van der Waals surface area contributed by atoms with Crippen LogP contribution in [0.1, 0.15) is 22.1 Å². The Morgan fingerprint density at radius 3 is 2.75 bits per heavy atom. The predicted molar refractivity (Wildman–Crippen MR) is 116 cm³/mol. The van der Waals surface area contributed by atoms with Gasteiger partial charge in [-0.1, -0.05) is 6.07 Å². The highest BCUT2D eigenvalue weighted by atomic mass is 32.1. The maximum absolute atomic E-state index is 12.8. The molecule has 32 heavy (non-hydrogen) atoms. The fourth-order valence-electron chi connectivity index (χ4n) is 3.85. The fraction of sp³-hybridized carbons (Fsp3) is 0.450. The number of morpholine rings is 1. The van der Waals surface area contributed by atoms with E-state index in [9.17, 15) is 9.59 Å². The number of fused-ring (bicyclic) bond motifs is 1. The van der Waals surface area contributed by atoms with Crippen molar-refractivity contribution >= 4 is 28.3 Å². The van der Waals surface area contributed by atoms with Crippen molar-refractivity contribution in [2.24, 2.45) is 5.92 Å². The summed E-state index contributed by atoms with van der Waals surface area (Å²) in [7, 11) is 0. The quantitative estimate of drug-likeness (QED) is 0.466. The zero-order chi connectivity index (χ0) is 21.9. The van der Waals surface area contributed by atoms with Gasteiger partial charge in [0.15, 0.2) is 16.6 Å². The van der Waals surface area contributed by atoms with Gasteiger partial charge in [-0.2, -0.15) is 0 Å². The summed E-state index contributed by atoms with van der Waals surface area (Å²) in [5, 5.41) is 2.45. The maximum atomic E-state index is 12.8. The summed E-state index contributed by atoms with van der Waals surface area (Å²) < 4.78 is 16.5. The van der Waals surface area contributed by atoms with Crippen molar-refractivity contribution in [3.8, 4) is 11.5 Å². The van der Waals surface area contributed by atoms with Crippen molar-refractivity contribution in [2.75, 3.05) is 51.0 Å². The Bertz CT molecular complexity index is 995. The zero-order valence-electron chi connectivity index (χ0n) is 17.3. The molecule has 2 atom stereocenters. The monoisotopic (exact) mass is 460 g/mol. The van der Waals surface area contributed by atoms with Gasteiger partial charge in [0.05, 0.1) is 25.2 Å². The Labute approximate surface area is 188 Å². The molecule has 1 aromatic heterocycles. The van der Waals surface area contributed by atoms with Crippen molar-refractivity contribution < 1.29 is 23.8 Å². The molecule has 3 aliphatic rings. The van der Waals surface area contributed by atoms with Crippen LogP contribution in [0.4, 0.5) is 5.13 Å². The summed E-state index contributed by atoms with van der Waals surface area (Å²) in [6.45, 7) is 4.21. The number of amides is 2. The SMILES string of the molecule is O=C(NNC(=O)C1CNNC1c1ccc2c(c1)OCCO2)c1csc(N2CCOCC2)n1. The van der Waals surface area contributed by atoms with Gasteiger partial charge in [0.1, 0.15) is 18.9 Å². The lowest BCUT2D eigenvalue weighted by Crippen LogP contribution is -2.46. The number of nitrogens with zero attached hydrogens (tertiary/aromatic N) is 2. The maximum Gasteiger partial charge on any atom is 0.289 e. The second-order valence-corrected chi connectivity index (χ2v) is 8.41. The number of hydrogen-bond donors (Lipinski definition) is 4. The molecule has 0 bridgehead atoms. The van der Waals surface area contributed by atoms with Crippen molar-refractivity contribution in [3.63, 3.8) is 0 Å². The molecule has 2 saturated heterocycles. The number of benzene rings is 1. The average Bonchev–Trinajstić information content (AvgIpc) is 3.53. The van der Waals surface area contributed by atoms with Gasteiger partial charge in [0.25, 0.3) is 5.91 Å². The van der Waals surface area contributed by atoms with Crippen molar-refractivity contribution in [1.29, 1.82) is 0 Å². The van der Waals surface area contributed by atoms with Crippen molar-refractivity contribution in [2.45, 2.75) is 6.04 Å². The Balaban J connectivity index is 1.19. The molecule has 2 fully saturated rings. The van der Waals surface area contributed by atoms with Gasteiger partial charge in [-0.25, -0.2) is 10.4 Å². The highest BCUT2D eigenvalue weighted by molar-refractivity contribution is 7.13. The Hall–Kier alpha value is -2.93. The van der Waals surface area contributed by atoms with Crippen molar-refractivity contribution in [1.82, 2.24) is 26.7 Å². The number of aromatic nitrogens is 1. The number of rotatable bonds is 4. The number of anilines is 1. The number of ether oxygens (including phenoxy) is 3. The summed E-state index contributed by atoms with van der Waals surface area (Å²) in [5.74, 6) is 0.161. The number of carbonyl (C=O) groups is 2. The number of hydrazine groups is 2. The fourth-order valence-corrected chi connectivity index (χ4v) is 4.71. The van der Waals surface area contributed by atoms with E-state index in [1.54, 1.807) is 5.38 Å². The van der Waals surface area contributed by atoms with Crippen LogP contribution >= 0.6 is 11.3 Å². The molecular formula is C20H24N6O5S. The van der Waals surface area contributed by atoms with Gasteiger partial charge in [-0.15, -0.1) is 11.3 Å². The summed E-state index contributed by atoms with van der Waals surface area (Å²) in [6.07, 6.45) is 0. The van der Waals surface area contributed by atoms with Crippen LogP contribution < -0.4 is 36.1 Å². The van der Waals surface area contributed by atoms with Gasteiger partial charge in [0.2, 0.25) is 5.91 Å². The standard InChI is InChI=1S/C20H24N6O5S/c27-18(24-25-19(28)14-11-32-20(22-14)26-3-5-29-6-4-26)13-10-21-23-17(13)12-1-2-15-16(9-12)31-8-7-30-15/h1-2,9,11,13,17,21,23H,3-8,10H2,(H,24,27)(H,25,28). The molecule has 5 rings (SSSR count). The summed E-state index contributed by atoms with van der Waals surface area (Å²) in [4.78, 5) is 31.8. The van der Waals surface area contributed by atoms with Crippen LogP contribution in [-0.4, -0.2) is 62.9 Å². The molecule has 11 nitrogen and oxygen atoms in total. The Kier molecular flexibility index (Phi) is 6.08. The van der Waals surface area contributed by atoms with Crippen LogP contribution in [0.25, 0.3) is 0 Å². The van der Waals surface area contributed by atoms with Crippen molar-refractivity contribution in [3.05, 3.63) is 34.8 Å². The first-order valence-corrected chi connectivity index (χ1v) is 11.3. The largest absolute Gasteiger partial charge is 0.486 e. The van der Waals surface area contributed by atoms with E-state index in [1.165, 1.54) is 11.3 Å². The molecule has 170 valence electrons. The molecule has 2 aromatic rings. The van der Waals surface area contributed by atoms with E-state index in [0.29, 0.717) is 44.5 Å². The first-order valence-electron chi connectivity index (χ1n) is 10.5. The second-order valence-electron chi connectivity index (χ2n) is 7.57. The second kappa shape index (κ2) is 9.28. The molecule has 0 saturated carbocycles. The van der Waals surface area contributed by atoms with Crippen LogP contribution in [0.15, 0.2) is 23.6 Å². The highest BCUT2D eigenvalue weighted by Gasteiger charge is 2.35. The first kappa shape index (κ1) is 20.9. The third-order valence-electron chi connectivity index (χ3n) is 5.55. The van der Waals surface area contributed by atoms with E-state index >= 15 is 0 Å². The predicted octanol–water partition coefficient (Wildman–Crippen LogP) is -0.0228. The number of hydrogen-bond acceptors (Lipinski definition) is 10. The lowest BCUT2D eigenvalue weighted by atomic mass is 9.94. The van der Waals surface area contributed by atoms with E-state index in [2.05, 4.69) is 31.6 Å². The third-order valence-corrected chi connectivity index (χ3v) is 6.45. The van der Waals surface area contributed by atoms with E-state index < -0.39 is 11.8 Å². The van der Waals surface area contributed by atoms with Gasteiger partial charge in [-0.3, -0.25) is 25.9 Å². The van der Waals surface area contributed by atoms with Crippen LogP contribution in [0.2, 0.25) is 0 Å². The normalized spacial score (nSPS) is 22.4. The van der Waals surface area contributed by atoms with Gasteiger partial charge in [-0.05, 0) is 17.7 Å². The van der Waals surface area contributed by atoms with E-state index in [0.717, 1.165) is 23.8 Å². The lowest BCUT2D eigenvalue weighted by Gasteiger charge is -2.25. The molecule has 2 unspecified atom stereocenters. The molecule has 12 heteroatoms. The minimum atomic E-state index is -0.455. The Morgan fingerprint density at radius 1 is 1.09 bits per heavy atom. The van der Waals surface area contributed by atoms with E-state index in [-0.39, 0.29) is 17.6 Å².